The highest BCUT2D eigenvalue weighted by Crippen LogP contribution is 2.28. The Kier molecular flexibility index (Phi) is 4.24. The summed E-state index contributed by atoms with van der Waals surface area (Å²) in [4.78, 5) is 0.595. The zero-order valence-corrected chi connectivity index (χ0v) is 10.9. The van der Waals surface area contributed by atoms with Gasteiger partial charge in [0.25, 0.3) is 0 Å². The van der Waals surface area contributed by atoms with Crippen LogP contribution in [0.1, 0.15) is 11.1 Å². The zero-order valence-electron chi connectivity index (χ0n) is 9.36. The number of nitriles is 1. The van der Waals surface area contributed by atoms with E-state index in [9.17, 15) is 4.39 Å². The van der Waals surface area contributed by atoms with Gasteiger partial charge in [0, 0.05) is 15.7 Å². The maximum atomic E-state index is 13.4. The van der Waals surface area contributed by atoms with Crippen LogP contribution in [0.5, 0.6) is 0 Å². The summed E-state index contributed by atoms with van der Waals surface area (Å²) in [7, 11) is 0. The zero-order chi connectivity index (χ0) is 13.0. The molecule has 2 aromatic rings. The van der Waals surface area contributed by atoms with Crippen molar-refractivity contribution in [2.75, 3.05) is 0 Å². The van der Waals surface area contributed by atoms with E-state index in [1.54, 1.807) is 36.4 Å². The fourth-order valence-corrected chi connectivity index (χ4v) is 2.72. The minimum Gasteiger partial charge on any atom is -0.206 e. The lowest BCUT2D eigenvalue weighted by atomic mass is 10.2. The van der Waals surface area contributed by atoms with Gasteiger partial charge in [-0.1, -0.05) is 29.8 Å². The van der Waals surface area contributed by atoms with E-state index in [0.717, 1.165) is 5.56 Å². The molecule has 0 spiro atoms. The van der Waals surface area contributed by atoms with Gasteiger partial charge in [0.1, 0.15) is 5.82 Å². The molecule has 0 aromatic heterocycles. The molecule has 0 amide bonds. The standard InChI is InChI=1S/C14H9ClFNS/c15-12-7-10(8-17)5-6-11(12)9-18-14-4-2-1-3-13(14)16/h1-7H,9H2. The SMILES string of the molecule is N#Cc1ccc(CSc2ccccc2F)c(Cl)c1. The van der Waals surface area contributed by atoms with Crippen LogP contribution < -0.4 is 0 Å². The number of nitrogens with zero attached hydrogens (tertiary/aromatic N) is 1. The Morgan fingerprint density at radius 2 is 2.00 bits per heavy atom. The molecule has 0 N–H and O–H groups in total. The summed E-state index contributed by atoms with van der Waals surface area (Å²) in [6.45, 7) is 0. The van der Waals surface area contributed by atoms with Gasteiger partial charge < -0.3 is 0 Å². The fraction of sp³-hybridized carbons (Fsp3) is 0.0714. The summed E-state index contributed by atoms with van der Waals surface area (Å²) in [5, 5.41) is 9.27. The van der Waals surface area contributed by atoms with E-state index < -0.39 is 0 Å². The molecule has 0 saturated heterocycles. The molecule has 0 aliphatic heterocycles. The van der Waals surface area contributed by atoms with Gasteiger partial charge in [-0.25, -0.2) is 4.39 Å². The molecule has 0 aliphatic rings. The molecule has 90 valence electrons. The van der Waals surface area contributed by atoms with Crippen LogP contribution in [-0.2, 0) is 5.75 Å². The predicted octanol–water partition coefficient (Wildman–Crippen LogP) is 4.64. The van der Waals surface area contributed by atoms with Gasteiger partial charge in [-0.05, 0) is 29.8 Å². The Labute approximate surface area is 114 Å². The Bertz CT molecular complexity index is 607. The summed E-state index contributed by atoms with van der Waals surface area (Å²) in [5.41, 5.74) is 1.42. The maximum absolute atomic E-state index is 13.4. The van der Waals surface area contributed by atoms with Gasteiger partial charge in [0.15, 0.2) is 0 Å². The Hall–Kier alpha value is -1.50. The average Bonchev–Trinajstić information content (AvgIpc) is 2.39. The molecule has 0 radical (unpaired) electrons. The smallest absolute Gasteiger partial charge is 0.136 e. The third kappa shape index (κ3) is 3.04. The van der Waals surface area contributed by atoms with Gasteiger partial charge in [0.05, 0.1) is 11.6 Å². The van der Waals surface area contributed by atoms with Gasteiger partial charge >= 0.3 is 0 Å². The summed E-state index contributed by atoms with van der Waals surface area (Å²) in [6, 6.07) is 13.8. The minimum atomic E-state index is -0.229. The lowest BCUT2D eigenvalue weighted by molar-refractivity contribution is 0.602. The van der Waals surface area contributed by atoms with Crippen LogP contribution in [0.3, 0.4) is 0 Å². The second kappa shape index (κ2) is 5.90. The van der Waals surface area contributed by atoms with Gasteiger partial charge in [0.2, 0.25) is 0 Å². The van der Waals surface area contributed by atoms with E-state index in [1.165, 1.54) is 17.8 Å². The Morgan fingerprint density at radius 3 is 2.67 bits per heavy atom. The topological polar surface area (TPSA) is 23.8 Å². The molecule has 18 heavy (non-hydrogen) atoms. The molecule has 0 saturated carbocycles. The van der Waals surface area contributed by atoms with Crippen molar-refractivity contribution >= 4 is 23.4 Å². The largest absolute Gasteiger partial charge is 0.206 e. The Balaban J connectivity index is 2.12. The maximum Gasteiger partial charge on any atom is 0.136 e. The van der Waals surface area contributed by atoms with Crippen molar-refractivity contribution in [1.29, 1.82) is 5.26 Å². The van der Waals surface area contributed by atoms with Crippen LogP contribution in [0.15, 0.2) is 47.4 Å². The third-order valence-electron chi connectivity index (χ3n) is 2.40. The second-order valence-corrected chi connectivity index (χ2v) is 5.06. The molecule has 2 aromatic carbocycles. The summed E-state index contributed by atoms with van der Waals surface area (Å²) in [6.07, 6.45) is 0. The van der Waals surface area contributed by atoms with Gasteiger partial charge in [-0.15, -0.1) is 11.8 Å². The number of hydrogen-bond acceptors (Lipinski definition) is 2. The molecule has 0 fully saturated rings. The number of hydrogen-bond donors (Lipinski definition) is 0. The normalized spacial score (nSPS) is 10.1. The number of rotatable bonds is 3. The molecule has 4 heteroatoms. The molecule has 2 rings (SSSR count). The van der Waals surface area contributed by atoms with Crippen LogP contribution >= 0.6 is 23.4 Å². The van der Waals surface area contributed by atoms with Crippen LogP contribution in [-0.4, -0.2) is 0 Å². The summed E-state index contributed by atoms with van der Waals surface area (Å²) in [5.74, 6) is 0.345. The van der Waals surface area contributed by atoms with E-state index in [1.807, 2.05) is 6.07 Å². The third-order valence-corrected chi connectivity index (χ3v) is 3.85. The van der Waals surface area contributed by atoms with E-state index in [0.29, 0.717) is 21.2 Å². The number of thioether (sulfide) groups is 1. The van der Waals surface area contributed by atoms with Crippen LogP contribution in [0.4, 0.5) is 4.39 Å². The molecular formula is C14H9ClFNS. The van der Waals surface area contributed by atoms with E-state index >= 15 is 0 Å². The van der Waals surface area contributed by atoms with Crippen LogP contribution in [0.2, 0.25) is 5.02 Å². The van der Waals surface area contributed by atoms with Crippen LogP contribution in [0.25, 0.3) is 0 Å². The molecule has 0 aliphatic carbocycles. The van der Waals surface area contributed by atoms with Crippen molar-refractivity contribution in [1.82, 2.24) is 0 Å². The molecule has 0 bridgehead atoms. The van der Waals surface area contributed by atoms with Gasteiger partial charge in [-0.3, -0.25) is 0 Å². The lowest BCUT2D eigenvalue weighted by Crippen LogP contribution is -1.86. The molecular weight excluding hydrogens is 269 g/mol. The highest BCUT2D eigenvalue weighted by Gasteiger charge is 2.05. The molecule has 0 heterocycles. The van der Waals surface area contributed by atoms with E-state index in [2.05, 4.69) is 0 Å². The molecule has 0 unspecified atom stereocenters. The van der Waals surface area contributed by atoms with E-state index in [-0.39, 0.29) is 5.82 Å². The van der Waals surface area contributed by atoms with E-state index in [4.69, 9.17) is 16.9 Å². The quantitative estimate of drug-likeness (QED) is 0.763. The average molecular weight is 278 g/mol. The highest BCUT2D eigenvalue weighted by molar-refractivity contribution is 7.98. The number of benzene rings is 2. The summed E-state index contributed by atoms with van der Waals surface area (Å²) >= 11 is 7.44. The monoisotopic (exact) mass is 277 g/mol. The van der Waals surface area contributed by atoms with Crippen LogP contribution in [0, 0.1) is 17.1 Å². The first-order valence-electron chi connectivity index (χ1n) is 5.26. The Morgan fingerprint density at radius 1 is 1.22 bits per heavy atom. The first kappa shape index (κ1) is 12.9. The molecule has 0 atom stereocenters. The van der Waals surface area contributed by atoms with Crippen molar-refractivity contribution < 1.29 is 4.39 Å². The van der Waals surface area contributed by atoms with Crippen molar-refractivity contribution in [3.63, 3.8) is 0 Å². The van der Waals surface area contributed by atoms with Crippen molar-refractivity contribution in [3.05, 3.63) is 64.4 Å². The fourth-order valence-electron chi connectivity index (χ4n) is 1.45. The van der Waals surface area contributed by atoms with Crippen molar-refractivity contribution in [2.45, 2.75) is 10.6 Å². The first-order chi connectivity index (χ1) is 8.70. The molecule has 1 nitrogen and oxygen atoms in total. The highest BCUT2D eigenvalue weighted by atomic mass is 35.5. The number of halogens is 2. The summed E-state index contributed by atoms with van der Waals surface area (Å²) < 4.78 is 13.4. The first-order valence-corrected chi connectivity index (χ1v) is 6.63. The minimum absolute atomic E-state index is 0.229. The lowest BCUT2D eigenvalue weighted by Gasteiger charge is -2.05. The van der Waals surface area contributed by atoms with Crippen molar-refractivity contribution in [2.24, 2.45) is 0 Å². The second-order valence-electron chi connectivity index (χ2n) is 3.64. The predicted molar refractivity (Wildman–Crippen MR) is 72.1 cm³/mol. The van der Waals surface area contributed by atoms with Gasteiger partial charge in [-0.2, -0.15) is 5.26 Å². The van der Waals surface area contributed by atoms with Crippen molar-refractivity contribution in [3.8, 4) is 6.07 Å².